The normalized spacial score (nSPS) is 9.60. The molecule has 1 amide bonds. The largest absolute Gasteiger partial charge is 0.457 e. The molecule has 76 valence electrons. The molecule has 0 heterocycles. The van der Waals surface area contributed by atoms with Crippen LogP contribution in [-0.4, -0.2) is 12.7 Å². The standard InChI is InChI=1S/C10H9N3O2/c11-13-12-10(14)15-8-4-7-9-5-2-1-3-6-9/h1-7H,8H2/b7-4+. The zero-order valence-corrected chi connectivity index (χ0v) is 7.91. The Morgan fingerprint density at radius 2 is 2.20 bits per heavy atom. The van der Waals surface area contributed by atoms with Crippen molar-refractivity contribution < 1.29 is 9.53 Å². The molecule has 0 radical (unpaired) electrons. The van der Waals surface area contributed by atoms with Crippen molar-refractivity contribution in [1.29, 1.82) is 0 Å². The highest BCUT2D eigenvalue weighted by atomic mass is 16.5. The Balaban J connectivity index is 2.35. The highest BCUT2D eigenvalue weighted by Gasteiger charge is 1.93. The van der Waals surface area contributed by atoms with Gasteiger partial charge in [-0.05, 0) is 17.2 Å². The van der Waals surface area contributed by atoms with Gasteiger partial charge in [-0.3, -0.25) is 0 Å². The van der Waals surface area contributed by atoms with E-state index in [1.165, 1.54) is 0 Å². The van der Waals surface area contributed by atoms with Crippen molar-refractivity contribution in [1.82, 2.24) is 0 Å². The van der Waals surface area contributed by atoms with Crippen molar-refractivity contribution in [3.05, 3.63) is 52.4 Å². The lowest BCUT2D eigenvalue weighted by Gasteiger charge is -1.94. The van der Waals surface area contributed by atoms with E-state index in [1.807, 2.05) is 36.4 Å². The molecule has 5 nitrogen and oxygen atoms in total. The van der Waals surface area contributed by atoms with E-state index in [2.05, 4.69) is 14.8 Å². The summed E-state index contributed by atoms with van der Waals surface area (Å²) in [7, 11) is 0. The Hall–Kier alpha value is -2.26. The molecule has 0 saturated heterocycles. The molecule has 15 heavy (non-hydrogen) atoms. The number of rotatable bonds is 3. The summed E-state index contributed by atoms with van der Waals surface area (Å²) in [6, 6.07) is 9.58. The van der Waals surface area contributed by atoms with E-state index in [0.717, 1.165) is 5.56 Å². The molecule has 1 rings (SSSR count). The number of ether oxygens (including phenoxy) is 1. The summed E-state index contributed by atoms with van der Waals surface area (Å²) in [5, 5.41) is 2.75. The quantitative estimate of drug-likeness (QED) is 0.430. The Morgan fingerprint density at radius 3 is 2.87 bits per heavy atom. The van der Waals surface area contributed by atoms with E-state index in [9.17, 15) is 4.79 Å². The van der Waals surface area contributed by atoms with Crippen LogP contribution in [0.3, 0.4) is 0 Å². The third-order valence-corrected chi connectivity index (χ3v) is 1.54. The van der Waals surface area contributed by atoms with Gasteiger partial charge < -0.3 is 4.74 Å². The number of benzene rings is 1. The summed E-state index contributed by atoms with van der Waals surface area (Å²) < 4.78 is 4.56. The van der Waals surface area contributed by atoms with E-state index in [-0.39, 0.29) is 6.61 Å². The lowest BCUT2D eigenvalue weighted by molar-refractivity contribution is 0.169. The fourth-order valence-electron chi connectivity index (χ4n) is 0.933. The molecule has 1 aromatic rings. The van der Waals surface area contributed by atoms with Gasteiger partial charge in [0.1, 0.15) is 6.61 Å². The van der Waals surface area contributed by atoms with Gasteiger partial charge >= 0.3 is 6.09 Å². The second-order valence-corrected chi connectivity index (χ2v) is 2.58. The first kappa shape index (κ1) is 10.8. The van der Waals surface area contributed by atoms with Crippen molar-refractivity contribution in [3.8, 4) is 0 Å². The fourth-order valence-corrected chi connectivity index (χ4v) is 0.933. The van der Waals surface area contributed by atoms with E-state index in [4.69, 9.17) is 5.53 Å². The first-order chi connectivity index (χ1) is 7.33. The van der Waals surface area contributed by atoms with Gasteiger partial charge in [0.05, 0.1) is 0 Å². The number of nitrogens with zero attached hydrogens (tertiary/aromatic N) is 3. The smallest absolute Gasteiger partial charge is 0.397 e. The van der Waals surface area contributed by atoms with Crippen LogP contribution >= 0.6 is 0 Å². The number of azide groups is 1. The highest BCUT2D eigenvalue weighted by molar-refractivity contribution is 5.68. The molecule has 0 bridgehead atoms. The first-order valence-electron chi connectivity index (χ1n) is 4.26. The lowest BCUT2D eigenvalue weighted by Crippen LogP contribution is -1.96. The SMILES string of the molecule is [N-]=[N+]=NC(=O)OC/C=C/c1ccccc1. The van der Waals surface area contributed by atoms with Crippen LogP contribution in [0.1, 0.15) is 5.56 Å². The van der Waals surface area contributed by atoms with Crippen LogP contribution in [-0.2, 0) is 4.74 Å². The molecule has 0 aliphatic carbocycles. The van der Waals surface area contributed by atoms with Crippen molar-refractivity contribution in [2.45, 2.75) is 0 Å². The molecule has 0 unspecified atom stereocenters. The number of carbonyl (C=O) groups excluding carboxylic acids is 1. The molecule has 0 aromatic heterocycles. The van der Waals surface area contributed by atoms with Gasteiger partial charge in [0.15, 0.2) is 0 Å². The Bertz CT molecular complexity index is 394. The fraction of sp³-hybridized carbons (Fsp3) is 0.100. The van der Waals surface area contributed by atoms with Crippen molar-refractivity contribution >= 4 is 12.2 Å². The lowest BCUT2D eigenvalue weighted by atomic mass is 10.2. The molecular formula is C10H9N3O2. The van der Waals surface area contributed by atoms with Crippen LogP contribution in [0.5, 0.6) is 0 Å². The maximum absolute atomic E-state index is 10.6. The highest BCUT2D eigenvalue weighted by Crippen LogP contribution is 2.00. The Kier molecular flexibility index (Phi) is 4.50. The van der Waals surface area contributed by atoms with Gasteiger partial charge in [0.25, 0.3) is 0 Å². The van der Waals surface area contributed by atoms with Gasteiger partial charge in [0, 0.05) is 10.0 Å². The molecule has 1 aromatic carbocycles. The zero-order chi connectivity index (χ0) is 10.9. The summed E-state index contributed by atoms with van der Waals surface area (Å²) in [5.74, 6) is 0. The second kappa shape index (κ2) is 6.23. The van der Waals surface area contributed by atoms with Crippen LogP contribution in [0.25, 0.3) is 16.5 Å². The van der Waals surface area contributed by atoms with E-state index in [0.29, 0.717) is 0 Å². The molecule has 0 N–H and O–H groups in total. The first-order valence-corrected chi connectivity index (χ1v) is 4.26. The maximum atomic E-state index is 10.6. The van der Waals surface area contributed by atoms with Gasteiger partial charge in [-0.1, -0.05) is 36.4 Å². The maximum Gasteiger partial charge on any atom is 0.397 e. The van der Waals surface area contributed by atoms with Gasteiger partial charge in [-0.25, -0.2) is 4.79 Å². The molecule has 0 fully saturated rings. The Labute approximate surface area is 86.6 Å². The Morgan fingerprint density at radius 1 is 1.47 bits per heavy atom. The predicted molar refractivity (Wildman–Crippen MR) is 56.0 cm³/mol. The number of amides is 1. The minimum atomic E-state index is -0.921. The average molecular weight is 203 g/mol. The summed E-state index contributed by atoms with van der Waals surface area (Å²) in [4.78, 5) is 12.9. The van der Waals surface area contributed by atoms with Gasteiger partial charge in [-0.15, -0.1) is 0 Å². The van der Waals surface area contributed by atoms with Crippen molar-refractivity contribution in [2.75, 3.05) is 6.61 Å². The molecule has 0 atom stereocenters. The minimum absolute atomic E-state index is 0.0900. The molecule has 0 aliphatic heterocycles. The number of hydrogen-bond acceptors (Lipinski definition) is 2. The molecule has 0 spiro atoms. The topological polar surface area (TPSA) is 75.1 Å². The number of carbonyl (C=O) groups is 1. The third kappa shape index (κ3) is 4.50. The van der Waals surface area contributed by atoms with E-state index < -0.39 is 6.09 Å². The van der Waals surface area contributed by atoms with Crippen molar-refractivity contribution in [3.63, 3.8) is 0 Å². The summed E-state index contributed by atoms with van der Waals surface area (Å²) in [5.41, 5.74) is 8.92. The second-order valence-electron chi connectivity index (χ2n) is 2.58. The number of hydrogen-bond donors (Lipinski definition) is 0. The monoisotopic (exact) mass is 203 g/mol. The third-order valence-electron chi connectivity index (χ3n) is 1.54. The zero-order valence-electron chi connectivity index (χ0n) is 7.91. The van der Waals surface area contributed by atoms with Crippen LogP contribution in [0.15, 0.2) is 41.5 Å². The van der Waals surface area contributed by atoms with Crippen molar-refractivity contribution in [2.24, 2.45) is 5.11 Å². The molecular weight excluding hydrogens is 194 g/mol. The molecule has 0 aliphatic rings. The molecule has 0 saturated carbocycles. The van der Waals surface area contributed by atoms with Crippen LogP contribution in [0.4, 0.5) is 4.79 Å². The van der Waals surface area contributed by atoms with Crippen LogP contribution < -0.4 is 0 Å². The van der Waals surface area contributed by atoms with E-state index >= 15 is 0 Å². The molecule has 5 heteroatoms. The van der Waals surface area contributed by atoms with Crippen LogP contribution in [0, 0.1) is 0 Å². The summed E-state index contributed by atoms with van der Waals surface area (Å²) >= 11 is 0. The minimum Gasteiger partial charge on any atom is -0.457 e. The summed E-state index contributed by atoms with van der Waals surface area (Å²) in [6.07, 6.45) is 2.55. The van der Waals surface area contributed by atoms with E-state index in [1.54, 1.807) is 6.08 Å². The van der Waals surface area contributed by atoms with Gasteiger partial charge in [-0.2, -0.15) is 0 Å². The summed E-state index contributed by atoms with van der Waals surface area (Å²) in [6.45, 7) is 0.0900. The van der Waals surface area contributed by atoms with Gasteiger partial charge in [0.2, 0.25) is 0 Å². The van der Waals surface area contributed by atoms with Crippen LogP contribution in [0.2, 0.25) is 0 Å². The average Bonchev–Trinajstić information content (AvgIpc) is 2.26. The predicted octanol–water partition coefficient (Wildman–Crippen LogP) is 3.15.